The molecule has 0 aliphatic heterocycles. The van der Waals surface area contributed by atoms with Crippen LogP contribution < -0.4 is 10.2 Å². The van der Waals surface area contributed by atoms with Gasteiger partial charge < -0.3 is 10.2 Å². The molecule has 0 unspecified atom stereocenters. The second-order valence-electron chi connectivity index (χ2n) is 8.43. The number of hydrogen-bond acceptors (Lipinski definition) is 8. The number of carbonyl (C=O) groups excluding carboxylic acids is 1. The van der Waals surface area contributed by atoms with Crippen molar-refractivity contribution in [3.8, 4) is 22.0 Å². The zero-order chi connectivity index (χ0) is 25.9. The van der Waals surface area contributed by atoms with Crippen molar-refractivity contribution in [3.63, 3.8) is 0 Å². The quantitative estimate of drug-likeness (QED) is 0.281. The van der Waals surface area contributed by atoms with Crippen LogP contribution in [0.3, 0.4) is 0 Å². The van der Waals surface area contributed by atoms with Gasteiger partial charge in [0.1, 0.15) is 16.5 Å². The summed E-state index contributed by atoms with van der Waals surface area (Å²) in [6.07, 6.45) is 6.95. The maximum absolute atomic E-state index is 13.6. The maximum Gasteiger partial charge on any atom is 0.274 e. The number of fused-ring (bicyclic) bond motifs is 1. The number of aromatic nitrogens is 5. The third kappa shape index (κ3) is 4.70. The minimum absolute atomic E-state index is 0.248. The summed E-state index contributed by atoms with van der Waals surface area (Å²) in [7, 11) is 1.89. The summed E-state index contributed by atoms with van der Waals surface area (Å²) < 4.78 is 0.982. The highest BCUT2D eigenvalue weighted by molar-refractivity contribution is 7.21. The molecule has 38 heavy (non-hydrogen) atoms. The molecule has 0 saturated heterocycles. The summed E-state index contributed by atoms with van der Waals surface area (Å²) >= 11 is 1.53. The molecule has 1 N–H and O–H groups in total. The number of nitrogens with zero attached hydrogens (tertiary/aromatic N) is 6. The van der Waals surface area contributed by atoms with Crippen LogP contribution in [-0.4, -0.2) is 37.9 Å². The van der Waals surface area contributed by atoms with Gasteiger partial charge in [-0.15, -0.1) is 11.3 Å². The molecule has 4 heterocycles. The van der Waals surface area contributed by atoms with Crippen molar-refractivity contribution in [2.75, 3.05) is 17.3 Å². The van der Waals surface area contributed by atoms with Gasteiger partial charge in [-0.05, 0) is 30.3 Å². The number of thiazole rings is 1. The smallest absolute Gasteiger partial charge is 0.274 e. The number of pyridine rings is 2. The molecule has 0 saturated carbocycles. The van der Waals surface area contributed by atoms with E-state index in [1.807, 2.05) is 84.7 Å². The van der Waals surface area contributed by atoms with Crippen molar-refractivity contribution in [2.24, 2.45) is 0 Å². The zero-order valence-electron chi connectivity index (χ0n) is 20.3. The molecule has 0 bridgehead atoms. The van der Waals surface area contributed by atoms with E-state index < -0.39 is 0 Å². The van der Waals surface area contributed by atoms with Crippen LogP contribution in [0.4, 0.5) is 17.2 Å². The van der Waals surface area contributed by atoms with Gasteiger partial charge in [-0.25, -0.2) is 15.0 Å². The molecule has 0 aliphatic carbocycles. The topological polar surface area (TPSA) is 96.8 Å². The van der Waals surface area contributed by atoms with Crippen molar-refractivity contribution >= 4 is 44.7 Å². The first-order valence-electron chi connectivity index (χ1n) is 11.9. The third-order valence-electron chi connectivity index (χ3n) is 5.97. The average molecular weight is 516 g/mol. The van der Waals surface area contributed by atoms with Crippen molar-refractivity contribution in [3.05, 3.63) is 109 Å². The van der Waals surface area contributed by atoms with Crippen LogP contribution in [0.2, 0.25) is 0 Å². The second-order valence-corrected chi connectivity index (χ2v) is 9.46. The summed E-state index contributed by atoms with van der Waals surface area (Å²) in [6.45, 7) is 0. The molecule has 0 spiro atoms. The first-order valence-corrected chi connectivity index (χ1v) is 12.7. The van der Waals surface area contributed by atoms with E-state index in [0.717, 1.165) is 32.0 Å². The molecule has 8 nitrogen and oxygen atoms in total. The van der Waals surface area contributed by atoms with Gasteiger partial charge in [0, 0.05) is 54.7 Å². The van der Waals surface area contributed by atoms with E-state index in [1.54, 1.807) is 30.9 Å². The molecule has 6 aromatic rings. The van der Waals surface area contributed by atoms with Crippen molar-refractivity contribution in [1.29, 1.82) is 0 Å². The molecule has 0 fully saturated rings. The summed E-state index contributed by atoms with van der Waals surface area (Å²) in [6, 6.07) is 24.6. The number of para-hydroxylation sites is 1. The molecule has 0 radical (unpaired) electrons. The minimum atomic E-state index is -0.343. The van der Waals surface area contributed by atoms with Crippen molar-refractivity contribution in [2.45, 2.75) is 0 Å². The Morgan fingerprint density at radius 3 is 2.42 bits per heavy atom. The average Bonchev–Trinajstić information content (AvgIpc) is 3.42. The van der Waals surface area contributed by atoms with E-state index >= 15 is 0 Å². The number of carbonyl (C=O) groups is 1. The van der Waals surface area contributed by atoms with E-state index in [4.69, 9.17) is 9.97 Å². The van der Waals surface area contributed by atoms with Gasteiger partial charge >= 0.3 is 0 Å². The van der Waals surface area contributed by atoms with Gasteiger partial charge in [-0.1, -0.05) is 42.5 Å². The van der Waals surface area contributed by atoms with E-state index in [-0.39, 0.29) is 11.6 Å². The fourth-order valence-electron chi connectivity index (χ4n) is 4.00. The SMILES string of the molecule is CN(c1ccncc1)c1cc(C(=O)Nc2ccccc2-c2nc3ccncc3s2)nc(-c2ccccc2)n1. The Hall–Kier alpha value is -5.02. The Kier molecular flexibility index (Phi) is 6.25. The molecule has 9 heteroatoms. The van der Waals surface area contributed by atoms with Crippen LogP contribution in [-0.2, 0) is 0 Å². The van der Waals surface area contributed by atoms with Crippen molar-refractivity contribution in [1.82, 2.24) is 24.9 Å². The Morgan fingerprint density at radius 2 is 1.61 bits per heavy atom. The molecule has 1 amide bonds. The van der Waals surface area contributed by atoms with E-state index in [2.05, 4.69) is 20.3 Å². The van der Waals surface area contributed by atoms with Crippen LogP contribution in [0, 0.1) is 0 Å². The fourth-order valence-corrected chi connectivity index (χ4v) is 4.97. The van der Waals surface area contributed by atoms with Gasteiger partial charge in [0.05, 0.1) is 15.9 Å². The number of anilines is 3. The minimum Gasteiger partial charge on any atom is -0.329 e. The molecule has 184 valence electrons. The Labute approximate surface area is 222 Å². The lowest BCUT2D eigenvalue weighted by atomic mass is 10.1. The molecule has 4 aromatic heterocycles. The number of amides is 1. The van der Waals surface area contributed by atoms with E-state index in [1.165, 1.54) is 11.3 Å². The monoisotopic (exact) mass is 515 g/mol. The first kappa shape index (κ1) is 23.4. The molecule has 0 atom stereocenters. The van der Waals surface area contributed by atoms with Crippen LogP contribution >= 0.6 is 11.3 Å². The van der Waals surface area contributed by atoms with Crippen LogP contribution in [0.5, 0.6) is 0 Å². The van der Waals surface area contributed by atoms with Gasteiger partial charge in [-0.3, -0.25) is 14.8 Å². The van der Waals surface area contributed by atoms with Gasteiger partial charge in [-0.2, -0.15) is 0 Å². The van der Waals surface area contributed by atoms with Crippen LogP contribution in [0.1, 0.15) is 10.5 Å². The van der Waals surface area contributed by atoms with Gasteiger partial charge in [0.15, 0.2) is 5.82 Å². The molecular formula is C29H21N7OS. The van der Waals surface area contributed by atoms with Crippen LogP contribution in [0.25, 0.3) is 32.2 Å². The molecule has 6 rings (SSSR count). The van der Waals surface area contributed by atoms with E-state index in [0.29, 0.717) is 17.3 Å². The summed E-state index contributed by atoms with van der Waals surface area (Å²) in [5, 5.41) is 3.85. The molecule has 2 aromatic carbocycles. The zero-order valence-corrected chi connectivity index (χ0v) is 21.1. The van der Waals surface area contributed by atoms with E-state index in [9.17, 15) is 4.79 Å². The Morgan fingerprint density at radius 1 is 0.842 bits per heavy atom. The lowest BCUT2D eigenvalue weighted by Crippen LogP contribution is -2.18. The summed E-state index contributed by atoms with van der Waals surface area (Å²) in [5.74, 6) is 0.701. The highest BCUT2D eigenvalue weighted by atomic mass is 32.1. The number of benzene rings is 2. The van der Waals surface area contributed by atoms with Gasteiger partial charge in [0.2, 0.25) is 0 Å². The standard InChI is InChI=1S/C29H21N7OS/c1-36(20-11-14-30-15-12-20)26-17-24(32-27(35-26)19-7-3-2-4-8-19)28(37)33-22-10-6-5-9-21(22)29-34-23-13-16-31-18-25(23)38-29/h2-18H,1H3,(H,33,37). The van der Waals surface area contributed by atoms with Gasteiger partial charge in [0.25, 0.3) is 5.91 Å². The summed E-state index contributed by atoms with van der Waals surface area (Å²) in [5.41, 5.74) is 4.29. The lowest BCUT2D eigenvalue weighted by molar-refractivity contribution is 0.102. The predicted molar refractivity (Wildman–Crippen MR) is 151 cm³/mol. The number of hydrogen-bond donors (Lipinski definition) is 1. The largest absolute Gasteiger partial charge is 0.329 e. The maximum atomic E-state index is 13.6. The number of rotatable bonds is 6. The lowest BCUT2D eigenvalue weighted by Gasteiger charge is -2.19. The predicted octanol–water partition coefficient (Wildman–Crippen LogP) is 6.23. The first-order chi connectivity index (χ1) is 18.7. The molecule has 0 aliphatic rings. The highest BCUT2D eigenvalue weighted by Gasteiger charge is 2.18. The number of nitrogens with one attached hydrogen (secondary N) is 1. The molecular weight excluding hydrogens is 494 g/mol. The Bertz CT molecular complexity index is 1710. The highest BCUT2D eigenvalue weighted by Crippen LogP contribution is 2.34. The summed E-state index contributed by atoms with van der Waals surface area (Å²) in [4.78, 5) is 37.9. The van der Waals surface area contributed by atoms with Crippen LogP contribution in [0.15, 0.2) is 104 Å². The fraction of sp³-hybridized carbons (Fsp3) is 0.0345. The second kappa shape index (κ2) is 10.2. The third-order valence-corrected chi connectivity index (χ3v) is 7.01. The Balaban J connectivity index is 1.38. The van der Waals surface area contributed by atoms with Crippen molar-refractivity contribution < 1.29 is 4.79 Å². The normalized spacial score (nSPS) is 10.9.